The van der Waals surface area contributed by atoms with E-state index in [1.807, 2.05) is 18.2 Å². The summed E-state index contributed by atoms with van der Waals surface area (Å²) in [6.45, 7) is 0. The van der Waals surface area contributed by atoms with Crippen LogP contribution in [0.1, 0.15) is 27.5 Å². The van der Waals surface area contributed by atoms with Crippen LogP contribution in [0.15, 0.2) is 35.7 Å². The first-order valence-electron chi connectivity index (χ1n) is 7.51. The van der Waals surface area contributed by atoms with E-state index in [9.17, 15) is 10.1 Å². The van der Waals surface area contributed by atoms with Gasteiger partial charge in [-0.25, -0.2) is 4.98 Å². The Hall–Kier alpha value is -1.84. The first kappa shape index (κ1) is 16.0. The number of thioether (sulfide) groups is 1. The molecule has 6 heteroatoms. The predicted octanol–water partition coefficient (Wildman–Crippen LogP) is 3.06. The Bertz CT molecular complexity index is 715. The molecule has 0 bridgehead atoms. The van der Waals surface area contributed by atoms with Gasteiger partial charge in [-0.3, -0.25) is 4.79 Å². The number of rotatable bonds is 5. The van der Waals surface area contributed by atoms with E-state index in [-0.39, 0.29) is 5.91 Å². The van der Waals surface area contributed by atoms with E-state index in [2.05, 4.69) is 28.5 Å². The summed E-state index contributed by atoms with van der Waals surface area (Å²) in [6, 6.07) is 12.5. The SMILES string of the molecule is N#CC1(NC(=O)c2csc(CCc3ccccc3)n2)CCSC1. The normalized spacial score (nSPS) is 20.1. The van der Waals surface area contributed by atoms with Crippen LogP contribution in [-0.2, 0) is 12.8 Å². The number of carbonyl (C=O) groups is 1. The number of benzene rings is 1. The Labute approximate surface area is 143 Å². The molecule has 0 aliphatic carbocycles. The molecule has 1 aliphatic heterocycles. The molecule has 118 valence electrons. The number of carbonyl (C=O) groups excluding carboxylic acids is 1. The molecule has 1 unspecified atom stereocenters. The number of nitrogens with one attached hydrogen (secondary N) is 1. The highest BCUT2D eigenvalue weighted by Crippen LogP contribution is 2.27. The number of nitriles is 1. The molecule has 1 atom stereocenters. The molecular formula is C17H17N3OS2. The molecule has 4 nitrogen and oxygen atoms in total. The summed E-state index contributed by atoms with van der Waals surface area (Å²) < 4.78 is 0. The van der Waals surface area contributed by atoms with Crippen LogP contribution in [0.25, 0.3) is 0 Å². The average Bonchev–Trinajstić information content (AvgIpc) is 3.24. The van der Waals surface area contributed by atoms with Crippen molar-refractivity contribution in [1.82, 2.24) is 10.3 Å². The quantitative estimate of drug-likeness (QED) is 0.906. The summed E-state index contributed by atoms with van der Waals surface area (Å²) in [5.41, 5.74) is 0.958. The molecular weight excluding hydrogens is 326 g/mol. The molecule has 1 amide bonds. The maximum atomic E-state index is 12.3. The van der Waals surface area contributed by atoms with Crippen LogP contribution in [0.3, 0.4) is 0 Å². The van der Waals surface area contributed by atoms with E-state index in [1.54, 1.807) is 17.1 Å². The van der Waals surface area contributed by atoms with Crippen molar-refractivity contribution in [1.29, 1.82) is 5.26 Å². The summed E-state index contributed by atoms with van der Waals surface area (Å²) in [5, 5.41) is 14.9. The third-order valence-corrected chi connectivity index (χ3v) is 5.94. The van der Waals surface area contributed by atoms with Crippen molar-refractivity contribution in [3.63, 3.8) is 0 Å². The molecule has 1 aromatic heterocycles. The van der Waals surface area contributed by atoms with Crippen molar-refractivity contribution in [2.75, 3.05) is 11.5 Å². The largest absolute Gasteiger partial charge is 0.332 e. The van der Waals surface area contributed by atoms with Gasteiger partial charge in [0.05, 0.1) is 11.1 Å². The molecule has 1 fully saturated rings. The minimum Gasteiger partial charge on any atom is -0.332 e. The van der Waals surface area contributed by atoms with Gasteiger partial charge in [-0.1, -0.05) is 30.3 Å². The molecule has 1 N–H and O–H groups in total. The molecule has 1 saturated heterocycles. The highest BCUT2D eigenvalue weighted by Gasteiger charge is 2.36. The van der Waals surface area contributed by atoms with E-state index in [1.165, 1.54) is 16.9 Å². The zero-order valence-electron chi connectivity index (χ0n) is 12.6. The van der Waals surface area contributed by atoms with Crippen LogP contribution in [-0.4, -0.2) is 27.9 Å². The number of hydrogen-bond donors (Lipinski definition) is 1. The number of amides is 1. The fraction of sp³-hybridized carbons (Fsp3) is 0.353. The van der Waals surface area contributed by atoms with Gasteiger partial charge >= 0.3 is 0 Å². The molecule has 0 saturated carbocycles. The lowest BCUT2D eigenvalue weighted by Gasteiger charge is -2.20. The van der Waals surface area contributed by atoms with Crippen molar-refractivity contribution in [2.45, 2.75) is 24.8 Å². The van der Waals surface area contributed by atoms with Crippen molar-refractivity contribution >= 4 is 29.0 Å². The second kappa shape index (κ2) is 7.16. The standard InChI is InChI=1S/C17H17N3OS2/c18-11-17(8-9-22-12-17)20-16(21)14-10-23-15(19-14)7-6-13-4-2-1-3-5-13/h1-5,10H,6-9,12H2,(H,20,21). The van der Waals surface area contributed by atoms with Crippen LogP contribution in [0.5, 0.6) is 0 Å². The van der Waals surface area contributed by atoms with Crippen LogP contribution in [0, 0.1) is 11.3 Å². The Morgan fingerprint density at radius 1 is 1.35 bits per heavy atom. The second-order valence-electron chi connectivity index (χ2n) is 5.56. The topological polar surface area (TPSA) is 65.8 Å². The van der Waals surface area contributed by atoms with Crippen molar-refractivity contribution in [2.24, 2.45) is 0 Å². The highest BCUT2D eigenvalue weighted by molar-refractivity contribution is 7.99. The van der Waals surface area contributed by atoms with Gasteiger partial charge in [-0.2, -0.15) is 17.0 Å². The Kier molecular flexibility index (Phi) is 4.99. The summed E-state index contributed by atoms with van der Waals surface area (Å²) in [5.74, 6) is 1.32. The van der Waals surface area contributed by atoms with Gasteiger partial charge < -0.3 is 5.32 Å². The summed E-state index contributed by atoms with van der Waals surface area (Å²) in [4.78, 5) is 16.7. The maximum absolute atomic E-state index is 12.3. The highest BCUT2D eigenvalue weighted by atomic mass is 32.2. The molecule has 0 radical (unpaired) electrons. The monoisotopic (exact) mass is 343 g/mol. The zero-order chi connectivity index (χ0) is 16.1. The molecule has 1 aliphatic rings. The smallest absolute Gasteiger partial charge is 0.272 e. The number of nitrogens with zero attached hydrogens (tertiary/aromatic N) is 2. The van der Waals surface area contributed by atoms with E-state index < -0.39 is 5.54 Å². The molecule has 3 rings (SSSR count). The van der Waals surface area contributed by atoms with E-state index in [0.717, 1.165) is 23.6 Å². The molecule has 0 spiro atoms. The first-order valence-corrected chi connectivity index (χ1v) is 9.54. The van der Waals surface area contributed by atoms with Crippen molar-refractivity contribution in [3.05, 3.63) is 52.0 Å². The average molecular weight is 343 g/mol. The minimum atomic E-state index is -0.727. The van der Waals surface area contributed by atoms with Crippen LogP contribution in [0.2, 0.25) is 0 Å². The van der Waals surface area contributed by atoms with Crippen LogP contribution in [0.4, 0.5) is 0 Å². The molecule has 2 heterocycles. The first-order chi connectivity index (χ1) is 11.2. The lowest BCUT2D eigenvalue weighted by molar-refractivity contribution is 0.0921. The lowest BCUT2D eigenvalue weighted by atomic mass is 10.0. The fourth-order valence-electron chi connectivity index (χ4n) is 2.49. The van der Waals surface area contributed by atoms with Gasteiger partial charge in [0.2, 0.25) is 0 Å². The summed E-state index contributed by atoms with van der Waals surface area (Å²) in [7, 11) is 0. The van der Waals surface area contributed by atoms with Gasteiger partial charge in [-0.05, 0) is 24.2 Å². The number of thiazole rings is 1. The Morgan fingerprint density at radius 3 is 2.87 bits per heavy atom. The third-order valence-electron chi connectivity index (χ3n) is 3.84. The van der Waals surface area contributed by atoms with E-state index in [0.29, 0.717) is 17.9 Å². The van der Waals surface area contributed by atoms with Gasteiger partial charge in [0.1, 0.15) is 11.2 Å². The predicted molar refractivity (Wildman–Crippen MR) is 93.7 cm³/mol. The lowest BCUT2D eigenvalue weighted by Crippen LogP contribution is -2.47. The second-order valence-corrected chi connectivity index (χ2v) is 7.61. The molecule has 2 aromatic rings. The Morgan fingerprint density at radius 2 is 2.17 bits per heavy atom. The van der Waals surface area contributed by atoms with Crippen LogP contribution >= 0.6 is 23.1 Å². The number of aryl methyl sites for hydroxylation is 2. The molecule has 1 aromatic carbocycles. The van der Waals surface area contributed by atoms with Gasteiger partial charge in [-0.15, -0.1) is 11.3 Å². The number of hydrogen-bond acceptors (Lipinski definition) is 5. The van der Waals surface area contributed by atoms with Gasteiger partial charge in [0.15, 0.2) is 0 Å². The van der Waals surface area contributed by atoms with E-state index >= 15 is 0 Å². The number of aromatic nitrogens is 1. The van der Waals surface area contributed by atoms with Crippen molar-refractivity contribution in [3.8, 4) is 6.07 Å². The Balaban J connectivity index is 1.60. The van der Waals surface area contributed by atoms with Gasteiger partial charge in [0.25, 0.3) is 5.91 Å². The third kappa shape index (κ3) is 3.92. The minimum absolute atomic E-state index is 0.240. The molecule has 23 heavy (non-hydrogen) atoms. The maximum Gasteiger partial charge on any atom is 0.272 e. The summed E-state index contributed by atoms with van der Waals surface area (Å²) in [6.07, 6.45) is 2.43. The zero-order valence-corrected chi connectivity index (χ0v) is 14.3. The fourth-order valence-corrected chi connectivity index (χ4v) is 4.53. The van der Waals surface area contributed by atoms with Crippen molar-refractivity contribution < 1.29 is 4.79 Å². The van der Waals surface area contributed by atoms with Gasteiger partial charge in [0, 0.05) is 17.6 Å². The van der Waals surface area contributed by atoms with E-state index in [4.69, 9.17) is 0 Å². The summed E-state index contributed by atoms with van der Waals surface area (Å²) >= 11 is 3.20. The van der Waals surface area contributed by atoms with Crippen LogP contribution < -0.4 is 5.32 Å².